The van der Waals surface area contributed by atoms with Gasteiger partial charge in [0.15, 0.2) is 0 Å². The number of piperazine rings is 1. The number of benzene rings is 2. The highest BCUT2D eigenvalue weighted by Crippen LogP contribution is 2.29. The minimum Gasteiger partial charge on any atom is -0.478 e. The number of carbonyl (C=O) groups is 2. The Morgan fingerprint density at radius 2 is 1.68 bits per heavy atom. The van der Waals surface area contributed by atoms with Crippen molar-refractivity contribution in [3.8, 4) is 0 Å². The van der Waals surface area contributed by atoms with Gasteiger partial charge in [0, 0.05) is 31.9 Å². The molecular weight excluding hydrogens is 420 g/mol. The second-order valence-corrected chi connectivity index (χ2v) is 9.34. The monoisotopic (exact) mass is 446 g/mol. The summed E-state index contributed by atoms with van der Waals surface area (Å²) in [5.41, 5.74) is 2.72. The normalized spacial score (nSPS) is 14.8. The second-order valence-electron chi connectivity index (χ2n) is 7.59. The second kappa shape index (κ2) is 9.36. The molecule has 0 unspecified atom stereocenters. The molecular formula is C21H26N4O5S. The Hall–Kier alpha value is -3.11. The molecule has 0 radical (unpaired) electrons. The standard InChI is InChI=1S/C21H26N4O5S/c1-15-3-6-17(7-4-15)22-20(26)14-24-9-11-25(12-10-24)19-8-5-16(21(27)28)13-18(19)23-31(2,29)30/h3-8,13,23H,9-12,14H2,1-2H3,(H,22,26)(H,27,28). The van der Waals surface area contributed by atoms with Gasteiger partial charge in [0.2, 0.25) is 15.9 Å². The summed E-state index contributed by atoms with van der Waals surface area (Å²) in [6, 6.07) is 12.0. The highest BCUT2D eigenvalue weighted by Gasteiger charge is 2.22. The summed E-state index contributed by atoms with van der Waals surface area (Å²) in [6.07, 6.45) is 1.02. The lowest BCUT2D eigenvalue weighted by Gasteiger charge is -2.36. The third kappa shape index (κ3) is 6.43. The van der Waals surface area contributed by atoms with Crippen LogP contribution in [0.3, 0.4) is 0 Å². The number of anilines is 3. The average Bonchev–Trinajstić information content (AvgIpc) is 2.69. The number of nitrogens with one attached hydrogen (secondary N) is 2. The van der Waals surface area contributed by atoms with E-state index in [1.54, 1.807) is 6.07 Å². The van der Waals surface area contributed by atoms with E-state index in [0.29, 0.717) is 31.9 Å². The van der Waals surface area contributed by atoms with Gasteiger partial charge in [-0.3, -0.25) is 14.4 Å². The van der Waals surface area contributed by atoms with Crippen molar-refractivity contribution in [1.29, 1.82) is 0 Å². The maximum absolute atomic E-state index is 12.3. The molecule has 1 saturated heterocycles. The molecule has 2 aromatic rings. The smallest absolute Gasteiger partial charge is 0.335 e. The van der Waals surface area contributed by atoms with Gasteiger partial charge in [-0.2, -0.15) is 0 Å². The largest absolute Gasteiger partial charge is 0.478 e. The van der Waals surface area contributed by atoms with Crippen LogP contribution in [0.5, 0.6) is 0 Å². The number of carbonyl (C=O) groups excluding carboxylic acids is 1. The lowest BCUT2D eigenvalue weighted by Crippen LogP contribution is -2.48. The highest BCUT2D eigenvalue weighted by molar-refractivity contribution is 7.92. The molecule has 1 fully saturated rings. The molecule has 0 bridgehead atoms. The summed E-state index contributed by atoms with van der Waals surface area (Å²) < 4.78 is 25.9. The molecule has 0 saturated carbocycles. The molecule has 0 atom stereocenters. The van der Waals surface area contributed by atoms with Gasteiger partial charge in [-0.25, -0.2) is 13.2 Å². The van der Waals surface area contributed by atoms with Crippen LogP contribution in [0.2, 0.25) is 0 Å². The summed E-state index contributed by atoms with van der Waals surface area (Å²) in [5, 5.41) is 12.1. The first-order chi connectivity index (χ1) is 14.6. The van der Waals surface area contributed by atoms with Crippen LogP contribution in [0.4, 0.5) is 17.1 Å². The van der Waals surface area contributed by atoms with Gasteiger partial charge in [0.05, 0.1) is 29.7 Å². The Balaban J connectivity index is 1.62. The van der Waals surface area contributed by atoms with Crippen molar-refractivity contribution in [2.24, 2.45) is 0 Å². The Kier molecular flexibility index (Phi) is 6.81. The minimum atomic E-state index is -3.57. The summed E-state index contributed by atoms with van der Waals surface area (Å²) in [5.74, 6) is -1.23. The van der Waals surface area contributed by atoms with Gasteiger partial charge in [0.25, 0.3) is 0 Å². The van der Waals surface area contributed by atoms with E-state index in [9.17, 15) is 23.1 Å². The topological polar surface area (TPSA) is 119 Å². The predicted molar refractivity (Wildman–Crippen MR) is 120 cm³/mol. The summed E-state index contributed by atoms with van der Waals surface area (Å²) in [6.45, 7) is 4.61. The van der Waals surface area contributed by atoms with Crippen LogP contribution in [0.15, 0.2) is 42.5 Å². The van der Waals surface area contributed by atoms with Crippen LogP contribution in [0.1, 0.15) is 15.9 Å². The van der Waals surface area contributed by atoms with E-state index < -0.39 is 16.0 Å². The van der Waals surface area contributed by atoms with Gasteiger partial charge in [-0.15, -0.1) is 0 Å². The number of aromatic carboxylic acids is 1. The maximum Gasteiger partial charge on any atom is 0.335 e. The Morgan fingerprint density at radius 1 is 1.03 bits per heavy atom. The number of amides is 1. The third-order valence-corrected chi connectivity index (χ3v) is 5.55. The first-order valence-corrected chi connectivity index (χ1v) is 11.7. The van der Waals surface area contributed by atoms with E-state index in [4.69, 9.17) is 0 Å². The van der Waals surface area contributed by atoms with E-state index in [-0.39, 0.29) is 23.7 Å². The Morgan fingerprint density at radius 3 is 2.26 bits per heavy atom. The van der Waals surface area contributed by atoms with E-state index in [1.807, 2.05) is 41.0 Å². The summed E-state index contributed by atoms with van der Waals surface area (Å²) in [4.78, 5) is 27.6. The van der Waals surface area contributed by atoms with Crippen LogP contribution in [-0.2, 0) is 14.8 Å². The number of aryl methyl sites for hydroxylation is 1. The fourth-order valence-electron chi connectivity index (χ4n) is 3.41. The first-order valence-electron chi connectivity index (χ1n) is 9.80. The molecule has 1 aliphatic heterocycles. The van der Waals surface area contributed by atoms with Crippen molar-refractivity contribution >= 4 is 39.0 Å². The van der Waals surface area contributed by atoms with E-state index in [1.165, 1.54) is 12.1 Å². The molecule has 1 heterocycles. The number of carboxylic acid groups (broad SMARTS) is 1. The number of nitrogens with zero attached hydrogens (tertiary/aromatic N) is 2. The van der Waals surface area contributed by atoms with Crippen molar-refractivity contribution in [3.05, 3.63) is 53.6 Å². The van der Waals surface area contributed by atoms with Gasteiger partial charge >= 0.3 is 5.97 Å². The zero-order valence-corrected chi connectivity index (χ0v) is 18.3. The molecule has 1 aliphatic rings. The molecule has 0 aliphatic carbocycles. The van der Waals surface area contributed by atoms with Crippen LogP contribution in [0, 0.1) is 6.92 Å². The van der Waals surface area contributed by atoms with Crippen LogP contribution >= 0.6 is 0 Å². The molecule has 3 N–H and O–H groups in total. The van der Waals surface area contributed by atoms with Gasteiger partial charge in [0.1, 0.15) is 0 Å². The molecule has 0 aromatic heterocycles. The molecule has 10 heteroatoms. The summed E-state index contributed by atoms with van der Waals surface area (Å²) in [7, 11) is -3.57. The van der Waals surface area contributed by atoms with E-state index in [0.717, 1.165) is 17.5 Å². The third-order valence-electron chi connectivity index (χ3n) is 4.95. The highest BCUT2D eigenvalue weighted by atomic mass is 32.2. The van der Waals surface area contributed by atoms with Gasteiger partial charge < -0.3 is 15.3 Å². The number of rotatable bonds is 7. The molecule has 9 nitrogen and oxygen atoms in total. The van der Waals surface area contributed by atoms with Gasteiger partial charge in [-0.1, -0.05) is 17.7 Å². The number of sulfonamides is 1. The van der Waals surface area contributed by atoms with Crippen molar-refractivity contribution in [2.45, 2.75) is 6.92 Å². The number of hydrogen-bond donors (Lipinski definition) is 3. The lowest BCUT2D eigenvalue weighted by atomic mass is 10.1. The SMILES string of the molecule is Cc1ccc(NC(=O)CN2CCN(c3ccc(C(=O)O)cc3NS(C)(=O)=O)CC2)cc1. The quantitative estimate of drug-likeness (QED) is 0.594. The van der Waals surface area contributed by atoms with Crippen molar-refractivity contribution < 1.29 is 23.1 Å². The van der Waals surface area contributed by atoms with Crippen molar-refractivity contribution in [1.82, 2.24) is 4.90 Å². The molecule has 166 valence electrons. The predicted octanol–water partition coefficient (Wildman–Crippen LogP) is 1.83. The fraction of sp³-hybridized carbons (Fsp3) is 0.333. The lowest BCUT2D eigenvalue weighted by molar-refractivity contribution is -0.117. The number of hydrogen-bond acceptors (Lipinski definition) is 6. The van der Waals surface area contributed by atoms with Crippen molar-refractivity contribution in [2.75, 3.05) is 53.9 Å². The van der Waals surface area contributed by atoms with Gasteiger partial charge in [-0.05, 0) is 37.3 Å². The number of carboxylic acids is 1. The van der Waals surface area contributed by atoms with E-state index in [2.05, 4.69) is 10.0 Å². The Bertz CT molecular complexity index is 1060. The average molecular weight is 447 g/mol. The van der Waals surface area contributed by atoms with Crippen molar-refractivity contribution in [3.63, 3.8) is 0 Å². The Labute approximate surface area is 181 Å². The van der Waals surface area contributed by atoms with Crippen LogP contribution in [-0.4, -0.2) is 69.3 Å². The molecule has 3 rings (SSSR count). The zero-order valence-electron chi connectivity index (χ0n) is 17.5. The molecule has 2 aromatic carbocycles. The maximum atomic E-state index is 12.3. The van der Waals surface area contributed by atoms with E-state index >= 15 is 0 Å². The molecule has 1 amide bonds. The summed E-state index contributed by atoms with van der Waals surface area (Å²) >= 11 is 0. The first kappa shape index (κ1) is 22.6. The molecule has 0 spiro atoms. The zero-order chi connectivity index (χ0) is 22.6. The minimum absolute atomic E-state index is 0.00122. The molecule has 31 heavy (non-hydrogen) atoms. The fourth-order valence-corrected chi connectivity index (χ4v) is 3.98. The van der Waals surface area contributed by atoms with Crippen LogP contribution in [0.25, 0.3) is 0 Å². The van der Waals surface area contributed by atoms with Crippen LogP contribution < -0.4 is 14.9 Å².